The number of imide groups is 1. The Morgan fingerprint density at radius 1 is 1.30 bits per heavy atom. The second-order valence-electron chi connectivity index (χ2n) is 5.08. The molecular formula is C13H12N4O6. The van der Waals surface area contributed by atoms with Gasteiger partial charge in [-0.05, 0) is 12.1 Å². The highest BCUT2D eigenvalue weighted by atomic mass is 16.7. The lowest BCUT2D eigenvalue weighted by Crippen LogP contribution is -2.53. The van der Waals surface area contributed by atoms with Crippen LogP contribution in [0.2, 0.25) is 0 Å². The maximum atomic E-state index is 12.0. The number of hydrogen-bond acceptors (Lipinski definition) is 6. The average Bonchev–Trinajstić information content (AvgIpc) is 2.71. The van der Waals surface area contributed by atoms with E-state index in [0.29, 0.717) is 0 Å². The molecule has 0 atom stereocenters. The van der Waals surface area contributed by atoms with Crippen molar-refractivity contribution in [2.24, 2.45) is 11.2 Å². The van der Waals surface area contributed by atoms with Gasteiger partial charge < -0.3 is 15.2 Å². The van der Waals surface area contributed by atoms with Crippen LogP contribution in [0.5, 0.6) is 0 Å². The van der Waals surface area contributed by atoms with Crippen molar-refractivity contribution in [1.29, 1.82) is 0 Å². The molecule has 1 saturated heterocycles. The normalized spacial score (nSPS) is 18.0. The zero-order valence-electron chi connectivity index (χ0n) is 11.8. The van der Waals surface area contributed by atoms with Crippen molar-refractivity contribution in [3.63, 3.8) is 0 Å². The summed E-state index contributed by atoms with van der Waals surface area (Å²) in [6.45, 7) is -0.446. The molecule has 0 aromatic heterocycles. The van der Waals surface area contributed by atoms with Crippen LogP contribution >= 0.6 is 0 Å². The SMILES string of the molecule is O=C(O)C1CN(/[N+]([O-])=N/OCN2C(=O)c3ccccc3C2=O)C1. The summed E-state index contributed by atoms with van der Waals surface area (Å²) in [7, 11) is 0. The Labute approximate surface area is 129 Å². The van der Waals surface area contributed by atoms with E-state index in [9.17, 15) is 19.6 Å². The van der Waals surface area contributed by atoms with Crippen molar-refractivity contribution in [2.45, 2.75) is 0 Å². The Balaban J connectivity index is 1.56. The lowest BCUT2D eigenvalue weighted by atomic mass is 10.0. The molecule has 1 fully saturated rings. The molecule has 1 N–H and O–H groups in total. The molecule has 2 aliphatic rings. The molecule has 1 aromatic carbocycles. The van der Waals surface area contributed by atoms with E-state index in [2.05, 4.69) is 5.28 Å². The van der Waals surface area contributed by atoms with Crippen molar-refractivity contribution >= 4 is 17.8 Å². The largest absolute Gasteiger partial charge is 0.569 e. The molecule has 120 valence electrons. The number of carboxylic acid groups (broad SMARTS) is 1. The van der Waals surface area contributed by atoms with Crippen LogP contribution in [0.25, 0.3) is 0 Å². The van der Waals surface area contributed by atoms with E-state index in [4.69, 9.17) is 9.94 Å². The highest BCUT2D eigenvalue weighted by Crippen LogP contribution is 2.22. The predicted octanol–water partition coefficient (Wildman–Crippen LogP) is 0.0656. The predicted molar refractivity (Wildman–Crippen MR) is 71.6 cm³/mol. The van der Waals surface area contributed by atoms with Crippen LogP contribution in [0, 0.1) is 11.1 Å². The van der Waals surface area contributed by atoms with Crippen molar-refractivity contribution in [3.05, 3.63) is 40.6 Å². The highest BCUT2D eigenvalue weighted by Gasteiger charge is 2.39. The summed E-state index contributed by atoms with van der Waals surface area (Å²) in [5, 5.41) is 24.5. The lowest BCUT2D eigenvalue weighted by Gasteiger charge is -2.31. The van der Waals surface area contributed by atoms with Crippen molar-refractivity contribution in [2.75, 3.05) is 19.8 Å². The van der Waals surface area contributed by atoms with Gasteiger partial charge in [0.1, 0.15) is 5.92 Å². The first kappa shape index (κ1) is 14.8. The van der Waals surface area contributed by atoms with Gasteiger partial charge in [0, 0.05) is 0 Å². The van der Waals surface area contributed by atoms with Crippen LogP contribution in [0.4, 0.5) is 0 Å². The molecular weight excluding hydrogens is 308 g/mol. The van der Waals surface area contributed by atoms with Gasteiger partial charge in [-0.2, -0.15) is 0 Å². The summed E-state index contributed by atoms with van der Waals surface area (Å²) in [6, 6.07) is 6.33. The van der Waals surface area contributed by atoms with Crippen LogP contribution in [0.1, 0.15) is 20.7 Å². The van der Waals surface area contributed by atoms with Crippen LogP contribution in [-0.4, -0.2) is 57.6 Å². The van der Waals surface area contributed by atoms with Crippen molar-refractivity contribution in [1.82, 2.24) is 9.91 Å². The number of carbonyl (C=O) groups is 3. The molecule has 2 amide bonds. The molecule has 0 aliphatic carbocycles. The monoisotopic (exact) mass is 320 g/mol. The number of fused-ring (bicyclic) bond motifs is 1. The van der Waals surface area contributed by atoms with Crippen LogP contribution in [0.15, 0.2) is 29.5 Å². The van der Waals surface area contributed by atoms with Crippen LogP contribution in [-0.2, 0) is 9.63 Å². The number of amides is 2. The molecule has 2 heterocycles. The minimum atomic E-state index is -0.985. The number of rotatable bonds is 5. The van der Waals surface area contributed by atoms with E-state index in [1.54, 1.807) is 12.1 Å². The molecule has 10 nitrogen and oxygen atoms in total. The topological polar surface area (TPSA) is 126 Å². The number of nitrogens with zero attached hydrogens (tertiary/aromatic N) is 4. The molecule has 2 aliphatic heterocycles. The fourth-order valence-corrected chi connectivity index (χ4v) is 2.29. The molecule has 10 heteroatoms. The summed E-state index contributed by atoms with van der Waals surface area (Å²) in [4.78, 5) is 40.3. The first-order valence-corrected chi connectivity index (χ1v) is 6.72. The molecule has 0 unspecified atom stereocenters. The standard InChI is InChI=1S/C13H12N4O6/c18-11-9-3-1-2-4-10(9)12(19)16(11)7-23-14-17(22)15-5-8(6-15)13(20)21/h1-4,8H,5-7H2,(H,20,21)/b17-14-. The molecule has 3 rings (SSSR count). The van der Waals surface area contributed by atoms with E-state index >= 15 is 0 Å². The zero-order valence-corrected chi connectivity index (χ0v) is 11.8. The summed E-state index contributed by atoms with van der Waals surface area (Å²) >= 11 is 0. The van der Waals surface area contributed by atoms with Gasteiger partial charge in [0.2, 0.25) is 12.0 Å². The number of hydrazine groups is 1. The molecule has 0 bridgehead atoms. The van der Waals surface area contributed by atoms with Crippen LogP contribution < -0.4 is 0 Å². The van der Waals surface area contributed by atoms with Gasteiger partial charge in [0.25, 0.3) is 11.8 Å². The zero-order chi connectivity index (χ0) is 16.6. The number of benzene rings is 1. The highest BCUT2D eigenvalue weighted by molar-refractivity contribution is 6.21. The molecule has 0 spiro atoms. The Hall–Kier alpha value is -3.17. The van der Waals surface area contributed by atoms with Gasteiger partial charge in [-0.3, -0.25) is 14.4 Å². The quantitative estimate of drug-likeness (QED) is 0.352. The number of aliphatic carboxylic acids is 1. The fourth-order valence-electron chi connectivity index (χ4n) is 2.29. The van der Waals surface area contributed by atoms with Gasteiger partial charge in [0.05, 0.1) is 29.2 Å². The van der Waals surface area contributed by atoms with E-state index in [1.807, 2.05) is 0 Å². The van der Waals surface area contributed by atoms with Crippen molar-refractivity contribution < 1.29 is 29.3 Å². The molecule has 1 aromatic rings. The molecule has 0 radical (unpaired) electrons. The third-order valence-electron chi connectivity index (χ3n) is 3.65. The van der Waals surface area contributed by atoms with Gasteiger partial charge >= 0.3 is 5.97 Å². The second kappa shape index (κ2) is 5.55. The van der Waals surface area contributed by atoms with Gasteiger partial charge in [0.15, 0.2) is 0 Å². The van der Waals surface area contributed by atoms with E-state index in [0.717, 1.165) is 9.91 Å². The Morgan fingerprint density at radius 2 is 1.87 bits per heavy atom. The third kappa shape index (κ3) is 2.54. The first-order chi connectivity index (χ1) is 11.0. The van der Waals surface area contributed by atoms with E-state index < -0.39 is 30.4 Å². The lowest BCUT2D eigenvalue weighted by molar-refractivity contribution is -0.725. The third-order valence-corrected chi connectivity index (χ3v) is 3.65. The summed E-state index contributed by atoms with van der Waals surface area (Å²) in [5.74, 6) is -2.64. The minimum absolute atomic E-state index is 0.0265. The fraction of sp³-hybridized carbons (Fsp3) is 0.308. The number of hydrogen-bond donors (Lipinski definition) is 1. The summed E-state index contributed by atoms with van der Waals surface area (Å²) in [5.41, 5.74) is 0.541. The Kier molecular flexibility index (Phi) is 3.56. The van der Waals surface area contributed by atoms with Crippen molar-refractivity contribution in [3.8, 4) is 0 Å². The van der Waals surface area contributed by atoms with Crippen LogP contribution in [0.3, 0.4) is 0 Å². The van der Waals surface area contributed by atoms with Gasteiger partial charge in [-0.15, -0.1) is 5.01 Å². The smallest absolute Gasteiger partial charge is 0.310 e. The maximum Gasteiger partial charge on any atom is 0.310 e. The molecule has 23 heavy (non-hydrogen) atoms. The van der Waals surface area contributed by atoms with Gasteiger partial charge in [-0.25, -0.2) is 4.90 Å². The maximum absolute atomic E-state index is 12.0. The molecule has 0 saturated carbocycles. The number of carboxylic acids is 1. The first-order valence-electron chi connectivity index (χ1n) is 6.72. The van der Waals surface area contributed by atoms with Gasteiger partial charge in [-0.1, -0.05) is 12.1 Å². The minimum Gasteiger partial charge on any atom is -0.569 e. The summed E-state index contributed by atoms with van der Waals surface area (Å²) < 4.78 is 0. The average molecular weight is 320 g/mol. The van der Waals surface area contributed by atoms with E-state index in [1.165, 1.54) is 12.1 Å². The van der Waals surface area contributed by atoms with E-state index in [-0.39, 0.29) is 29.2 Å². The Bertz CT molecular complexity index is 677. The number of carbonyl (C=O) groups excluding carboxylic acids is 2. The Morgan fingerprint density at radius 3 is 2.39 bits per heavy atom. The second-order valence-corrected chi connectivity index (χ2v) is 5.08. The summed E-state index contributed by atoms with van der Waals surface area (Å²) in [6.07, 6.45) is 0.